The molecule has 1 N–H and O–H groups in total. The molecule has 0 spiro atoms. The van der Waals surface area contributed by atoms with Gasteiger partial charge in [-0.25, -0.2) is 4.98 Å². The third-order valence-electron chi connectivity index (χ3n) is 4.00. The number of ether oxygens (including phenoxy) is 1. The van der Waals surface area contributed by atoms with Gasteiger partial charge in [-0.2, -0.15) is 0 Å². The summed E-state index contributed by atoms with van der Waals surface area (Å²) in [4.78, 5) is 15.9. The van der Waals surface area contributed by atoms with E-state index in [4.69, 9.17) is 9.72 Å². The minimum atomic E-state index is -0.103. The molecular weight excluding hydrogens is 392 g/mol. The van der Waals surface area contributed by atoms with Crippen molar-refractivity contribution >= 4 is 49.3 Å². The van der Waals surface area contributed by atoms with Gasteiger partial charge >= 0.3 is 0 Å². The Kier molecular flexibility index (Phi) is 4.31. The summed E-state index contributed by atoms with van der Waals surface area (Å²) < 4.78 is 7.19. The van der Waals surface area contributed by atoms with Gasteiger partial charge < -0.3 is 10.1 Å². The summed E-state index contributed by atoms with van der Waals surface area (Å²) in [7, 11) is 0. The highest BCUT2D eigenvalue weighted by Gasteiger charge is 2.13. The van der Waals surface area contributed by atoms with Crippen LogP contribution in [0, 0.1) is 0 Å². The van der Waals surface area contributed by atoms with E-state index in [1.807, 2.05) is 66.7 Å². The Bertz CT molecular complexity index is 1120. The molecule has 0 unspecified atom stereocenters. The monoisotopic (exact) mass is 406 g/mol. The summed E-state index contributed by atoms with van der Waals surface area (Å²) in [6, 6.07) is 21.1. The summed E-state index contributed by atoms with van der Waals surface area (Å²) in [5.74, 6) is 1.34. The number of hydrogen-bond donors (Lipinski definition) is 1. The van der Waals surface area contributed by atoms with Crippen LogP contribution in [-0.2, 0) is 4.79 Å². The van der Waals surface area contributed by atoms with Gasteiger partial charge in [-0.1, -0.05) is 18.2 Å². The third kappa shape index (κ3) is 3.13. The van der Waals surface area contributed by atoms with Crippen LogP contribution in [-0.4, -0.2) is 10.9 Å². The number of hydrogen-bond acceptors (Lipinski definition) is 3. The lowest BCUT2D eigenvalue weighted by Gasteiger charge is -2.14. The number of fused-ring (bicyclic) bond motifs is 2. The normalized spacial score (nSPS) is 10.8. The molecule has 5 heteroatoms. The van der Waals surface area contributed by atoms with Crippen LogP contribution < -0.4 is 10.1 Å². The molecule has 0 fully saturated rings. The Morgan fingerprint density at radius 3 is 2.46 bits per heavy atom. The second kappa shape index (κ2) is 6.77. The lowest BCUT2D eigenvalue weighted by Crippen LogP contribution is -2.05. The first-order valence-corrected chi connectivity index (χ1v) is 8.93. The number of halogens is 1. The third-order valence-corrected chi connectivity index (χ3v) is 4.66. The molecule has 1 amide bonds. The van der Waals surface area contributed by atoms with Crippen LogP contribution in [0.2, 0.25) is 0 Å². The van der Waals surface area contributed by atoms with Gasteiger partial charge in [-0.05, 0) is 64.5 Å². The number of nitrogens with one attached hydrogen (secondary N) is 1. The summed E-state index contributed by atoms with van der Waals surface area (Å²) in [6.45, 7) is 1.48. The predicted molar refractivity (Wildman–Crippen MR) is 108 cm³/mol. The fourth-order valence-corrected chi connectivity index (χ4v) is 3.43. The largest absolute Gasteiger partial charge is 0.456 e. The first kappa shape index (κ1) is 16.5. The highest BCUT2D eigenvalue weighted by atomic mass is 79.9. The number of carbonyl (C=O) groups excluding carboxylic acids is 1. The van der Waals surface area contributed by atoms with Crippen molar-refractivity contribution in [3.05, 3.63) is 71.2 Å². The van der Waals surface area contributed by atoms with E-state index in [2.05, 4.69) is 21.2 Å². The van der Waals surface area contributed by atoms with Crippen LogP contribution in [0.1, 0.15) is 6.92 Å². The highest BCUT2D eigenvalue weighted by molar-refractivity contribution is 9.10. The molecular formula is C21H15BrN2O2. The molecule has 128 valence electrons. The lowest BCUT2D eigenvalue weighted by molar-refractivity contribution is -0.114. The molecule has 0 bridgehead atoms. The predicted octanol–water partition coefficient (Wildman–Crippen LogP) is 5.90. The van der Waals surface area contributed by atoms with Gasteiger partial charge in [0.1, 0.15) is 11.5 Å². The average Bonchev–Trinajstić information content (AvgIpc) is 2.63. The summed E-state index contributed by atoms with van der Waals surface area (Å²) >= 11 is 3.62. The second-order valence-electron chi connectivity index (χ2n) is 5.90. The van der Waals surface area contributed by atoms with Crippen LogP contribution in [0.3, 0.4) is 0 Å². The minimum absolute atomic E-state index is 0.103. The first-order chi connectivity index (χ1) is 12.6. The Morgan fingerprint density at radius 1 is 0.962 bits per heavy atom. The fraction of sp³-hybridized carbons (Fsp3) is 0.0476. The van der Waals surface area contributed by atoms with Crippen molar-refractivity contribution in [3.8, 4) is 11.5 Å². The van der Waals surface area contributed by atoms with Crippen molar-refractivity contribution in [2.45, 2.75) is 6.92 Å². The van der Waals surface area contributed by atoms with Crippen LogP contribution in [0.15, 0.2) is 71.2 Å². The number of anilines is 1. The number of pyridine rings is 1. The topological polar surface area (TPSA) is 51.2 Å². The summed E-state index contributed by atoms with van der Waals surface area (Å²) in [5.41, 5.74) is 2.47. The number of amides is 1. The molecule has 1 heterocycles. The van der Waals surface area contributed by atoms with Gasteiger partial charge in [-0.3, -0.25) is 4.79 Å². The Hall–Kier alpha value is -2.92. The standard InChI is InChI=1S/C21H15BrN2O2/c1-13(25)23-14-9-11-15(12-10-14)26-21-16-5-2-3-7-18(16)24-19-8-4-6-17(22)20(19)21/h2-12H,1H3,(H,23,25). The summed E-state index contributed by atoms with van der Waals surface area (Å²) in [6.07, 6.45) is 0. The smallest absolute Gasteiger partial charge is 0.221 e. The second-order valence-corrected chi connectivity index (χ2v) is 6.75. The van der Waals surface area contributed by atoms with Gasteiger partial charge in [0.25, 0.3) is 0 Å². The quantitative estimate of drug-likeness (QED) is 0.430. The molecule has 3 aromatic carbocycles. The molecule has 4 nitrogen and oxygen atoms in total. The lowest BCUT2D eigenvalue weighted by atomic mass is 10.1. The Morgan fingerprint density at radius 2 is 1.69 bits per heavy atom. The zero-order chi connectivity index (χ0) is 18.1. The minimum Gasteiger partial charge on any atom is -0.456 e. The summed E-state index contributed by atoms with van der Waals surface area (Å²) in [5, 5.41) is 4.62. The van der Waals surface area contributed by atoms with Gasteiger partial charge in [-0.15, -0.1) is 0 Å². The molecule has 0 saturated heterocycles. The van der Waals surface area contributed by atoms with Gasteiger partial charge in [0, 0.05) is 22.5 Å². The van der Waals surface area contributed by atoms with E-state index in [0.717, 1.165) is 37.7 Å². The zero-order valence-electron chi connectivity index (χ0n) is 14.0. The van der Waals surface area contributed by atoms with Crippen molar-refractivity contribution in [1.82, 2.24) is 4.98 Å². The Labute approximate surface area is 158 Å². The van der Waals surface area contributed by atoms with E-state index in [-0.39, 0.29) is 5.91 Å². The van der Waals surface area contributed by atoms with Crippen molar-refractivity contribution in [2.24, 2.45) is 0 Å². The Balaban J connectivity index is 1.85. The maximum Gasteiger partial charge on any atom is 0.221 e. The number of para-hydroxylation sites is 1. The van der Waals surface area contributed by atoms with Crippen molar-refractivity contribution < 1.29 is 9.53 Å². The molecule has 4 rings (SSSR count). The van der Waals surface area contributed by atoms with E-state index in [1.54, 1.807) is 0 Å². The van der Waals surface area contributed by atoms with Crippen LogP contribution in [0.4, 0.5) is 5.69 Å². The van der Waals surface area contributed by atoms with Crippen molar-refractivity contribution in [1.29, 1.82) is 0 Å². The average molecular weight is 407 g/mol. The molecule has 26 heavy (non-hydrogen) atoms. The molecule has 0 atom stereocenters. The first-order valence-electron chi connectivity index (χ1n) is 8.14. The maximum atomic E-state index is 11.2. The van der Waals surface area contributed by atoms with E-state index in [0.29, 0.717) is 5.75 Å². The van der Waals surface area contributed by atoms with Crippen molar-refractivity contribution in [3.63, 3.8) is 0 Å². The number of benzene rings is 3. The molecule has 4 aromatic rings. The van der Waals surface area contributed by atoms with Gasteiger partial charge in [0.2, 0.25) is 5.91 Å². The zero-order valence-corrected chi connectivity index (χ0v) is 15.6. The van der Waals surface area contributed by atoms with Gasteiger partial charge in [0.15, 0.2) is 0 Å². The number of rotatable bonds is 3. The molecule has 1 aromatic heterocycles. The van der Waals surface area contributed by atoms with E-state index in [1.165, 1.54) is 6.92 Å². The number of nitrogens with zero attached hydrogens (tertiary/aromatic N) is 1. The molecule has 0 aliphatic carbocycles. The highest BCUT2D eigenvalue weighted by Crippen LogP contribution is 2.39. The van der Waals surface area contributed by atoms with Crippen LogP contribution >= 0.6 is 15.9 Å². The molecule has 0 radical (unpaired) electrons. The molecule has 0 aliphatic heterocycles. The van der Waals surface area contributed by atoms with Crippen LogP contribution in [0.5, 0.6) is 11.5 Å². The SMILES string of the molecule is CC(=O)Nc1ccc(Oc2c3ccccc3nc3cccc(Br)c23)cc1. The van der Waals surface area contributed by atoms with Crippen molar-refractivity contribution in [2.75, 3.05) is 5.32 Å². The van der Waals surface area contributed by atoms with E-state index >= 15 is 0 Å². The van der Waals surface area contributed by atoms with Gasteiger partial charge in [0.05, 0.1) is 16.4 Å². The number of carbonyl (C=O) groups is 1. The molecule has 0 aliphatic rings. The molecule has 0 saturated carbocycles. The number of aromatic nitrogens is 1. The maximum absolute atomic E-state index is 11.2. The van der Waals surface area contributed by atoms with Crippen LogP contribution in [0.25, 0.3) is 21.8 Å². The van der Waals surface area contributed by atoms with E-state index < -0.39 is 0 Å². The fourth-order valence-electron chi connectivity index (χ4n) is 2.89. The van der Waals surface area contributed by atoms with E-state index in [9.17, 15) is 4.79 Å².